The van der Waals surface area contributed by atoms with Gasteiger partial charge in [0.05, 0.1) is 25.8 Å². The summed E-state index contributed by atoms with van der Waals surface area (Å²) in [6, 6.07) is 5.97. The van der Waals surface area contributed by atoms with Crippen LogP contribution in [0.3, 0.4) is 0 Å². The van der Waals surface area contributed by atoms with Crippen molar-refractivity contribution in [2.24, 2.45) is 0 Å². The summed E-state index contributed by atoms with van der Waals surface area (Å²) in [6.07, 6.45) is 6.33. The number of rotatable bonds is 3. The van der Waals surface area contributed by atoms with Crippen LogP contribution in [0, 0.1) is 0 Å². The number of hydrogen-bond acceptors (Lipinski definition) is 5. The molecule has 0 saturated heterocycles. The summed E-state index contributed by atoms with van der Waals surface area (Å²) in [5, 5.41) is 7.57. The first kappa shape index (κ1) is 17.5. The molecule has 0 amide bonds. The number of carbonyl (C=O) groups excluding carboxylic acids is 1. The van der Waals surface area contributed by atoms with Gasteiger partial charge < -0.3 is 19.0 Å². The first-order chi connectivity index (χ1) is 14.1. The average Bonchev–Trinajstić information content (AvgIpc) is 3.32. The molecule has 1 atom stereocenters. The molecule has 0 bridgehead atoms. The van der Waals surface area contributed by atoms with E-state index in [4.69, 9.17) is 9.47 Å². The second kappa shape index (κ2) is 6.51. The topological polar surface area (TPSA) is 102 Å². The maximum atomic E-state index is 12.3. The highest BCUT2D eigenvalue weighted by Crippen LogP contribution is 2.39. The molecule has 2 aliphatic heterocycles. The van der Waals surface area contributed by atoms with Crippen LogP contribution >= 0.6 is 0 Å². The number of aromatic nitrogens is 4. The molecule has 3 aliphatic rings. The third-order valence-corrected chi connectivity index (χ3v) is 5.73. The van der Waals surface area contributed by atoms with Crippen LogP contribution in [0.25, 0.3) is 22.2 Å². The van der Waals surface area contributed by atoms with E-state index in [9.17, 15) is 9.59 Å². The zero-order valence-electron chi connectivity index (χ0n) is 16.1. The number of benzene rings is 1. The van der Waals surface area contributed by atoms with Gasteiger partial charge >= 0.3 is 5.97 Å². The molecule has 3 heterocycles. The molecule has 0 fully saturated rings. The molecule has 0 spiro atoms. The highest BCUT2D eigenvalue weighted by molar-refractivity contribution is 5.96. The Balaban J connectivity index is 1.71. The summed E-state index contributed by atoms with van der Waals surface area (Å²) in [5.41, 5.74) is 4.04. The molecule has 2 aromatic rings. The Hall–Kier alpha value is -3.55. The van der Waals surface area contributed by atoms with Gasteiger partial charge in [-0.1, -0.05) is 0 Å². The monoisotopic (exact) mass is 392 g/mol. The zero-order chi connectivity index (χ0) is 20.1. The third kappa shape index (κ3) is 2.63. The SMILES string of the molecule is COC(=O)c1cn([C@H]2CCCc3c2[nH]c2ccc(OC)cc32)cc2c(=O)[nH]nc1-2. The largest absolute Gasteiger partial charge is 0.497 e. The van der Waals surface area contributed by atoms with E-state index in [0.29, 0.717) is 11.3 Å². The van der Waals surface area contributed by atoms with Gasteiger partial charge in [0.2, 0.25) is 0 Å². The fraction of sp³-hybridized carbons (Fsp3) is 0.286. The van der Waals surface area contributed by atoms with Gasteiger partial charge in [0.1, 0.15) is 17.0 Å². The van der Waals surface area contributed by atoms with Crippen molar-refractivity contribution in [3.05, 3.63) is 57.8 Å². The van der Waals surface area contributed by atoms with E-state index in [2.05, 4.69) is 15.2 Å². The number of pyridine rings is 1. The average molecular weight is 392 g/mol. The summed E-state index contributed by atoms with van der Waals surface area (Å²) in [5.74, 6) is 0.297. The molecule has 2 N–H and O–H groups in total. The lowest BCUT2D eigenvalue weighted by Gasteiger charge is -2.26. The molecular formula is C21H20N4O4. The molecule has 8 heteroatoms. The predicted octanol–water partition coefficient (Wildman–Crippen LogP) is 2.88. The zero-order valence-corrected chi connectivity index (χ0v) is 16.1. The number of nitrogens with one attached hydrogen (secondary N) is 2. The van der Waals surface area contributed by atoms with E-state index in [1.54, 1.807) is 19.5 Å². The predicted molar refractivity (Wildman–Crippen MR) is 107 cm³/mol. The van der Waals surface area contributed by atoms with Crippen LogP contribution in [-0.2, 0) is 11.2 Å². The molecule has 5 rings (SSSR count). The summed E-state index contributed by atoms with van der Waals surface area (Å²) >= 11 is 0. The summed E-state index contributed by atoms with van der Waals surface area (Å²) in [4.78, 5) is 28.1. The van der Waals surface area contributed by atoms with Gasteiger partial charge in [-0.2, -0.15) is 5.10 Å². The van der Waals surface area contributed by atoms with E-state index in [-0.39, 0.29) is 17.2 Å². The minimum absolute atomic E-state index is 0.0285. The quantitative estimate of drug-likeness (QED) is 0.522. The minimum atomic E-state index is -0.520. The van der Waals surface area contributed by atoms with Crippen molar-refractivity contribution in [2.75, 3.05) is 14.2 Å². The normalized spacial score (nSPS) is 16.1. The number of esters is 1. The smallest absolute Gasteiger partial charge is 0.341 e. The van der Waals surface area contributed by atoms with Crippen molar-refractivity contribution in [1.29, 1.82) is 0 Å². The number of carbonyl (C=O) groups is 1. The molecule has 1 aliphatic carbocycles. The Labute approximate surface area is 165 Å². The van der Waals surface area contributed by atoms with Crippen LogP contribution in [-0.4, -0.2) is 39.9 Å². The van der Waals surface area contributed by atoms with Crippen LogP contribution in [0.15, 0.2) is 35.4 Å². The summed E-state index contributed by atoms with van der Waals surface area (Å²) in [6.45, 7) is 0. The molecule has 1 aromatic heterocycles. The van der Waals surface area contributed by atoms with Crippen molar-refractivity contribution in [2.45, 2.75) is 25.3 Å². The van der Waals surface area contributed by atoms with Crippen molar-refractivity contribution < 1.29 is 14.3 Å². The number of fused-ring (bicyclic) bond motifs is 4. The first-order valence-electron chi connectivity index (χ1n) is 9.47. The number of hydrogen-bond donors (Lipinski definition) is 2. The van der Waals surface area contributed by atoms with E-state index < -0.39 is 5.97 Å². The van der Waals surface area contributed by atoms with Gasteiger partial charge in [-0.05, 0) is 43.0 Å². The minimum Gasteiger partial charge on any atom is -0.497 e. The highest BCUT2D eigenvalue weighted by atomic mass is 16.5. The first-order valence-corrected chi connectivity index (χ1v) is 9.47. The van der Waals surface area contributed by atoms with Crippen LogP contribution in [0.5, 0.6) is 5.75 Å². The molecule has 0 radical (unpaired) electrons. The Kier molecular flexibility index (Phi) is 3.94. The van der Waals surface area contributed by atoms with Gasteiger partial charge in [-0.25, -0.2) is 9.89 Å². The van der Waals surface area contributed by atoms with E-state index in [0.717, 1.165) is 41.6 Å². The third-order valence-electron chi connectivity index (χ3n) is 5.73. The molecule has 1 aromatic carbocycles. The number of nitrogens with zero attached hydrogens (tertiary/aromatic N) is 2. The second-order valence-electron chi connectivity index (χ2n) is 7.26. The molecule has 0 unspecified atom stereocenters. The lowest BCUT2D eigenvalue weighted by atomic mass is 9.91. The lowest BCUT2D eigenvalue weighted by Crippen LogP contribution is -2.20. The maximum absolute atomic E-state index is 12.3. The van der Waals surface area contributed by atoms with Gasteiger partial charge in [-0.15, -0.1) is 0 Å². The number of aryl methyl sites for hydroxylation is 1. The van der Waals surface area contributed by atoms with Crippen molar-refractivity contribution in [3.63, 3.8) is 0 Å². The fourth-order valence-corrected chi connectivity index (χ4v) is 4.34. The Bertz CT molecular complexity index is 1270. The van der Waals surface area contributed by atoms with E-state index in [1.807, 2.05) is 22.8 Å². The number of methoxy groups -OCH3 is 2. The van der Waals surface area contributed by atoms with Gasteiger partial charge in [0.15, 0.2) is 0 Å². The summed E-state index contributed by atoms with van der Waals surface area (Å²) < 4.78 is 12.2. The number of H-pyrrole nitrogens is 2. The van der Waals surface area contributed by atoms with Crippen LogP contribution < -0.4 is 10.3 Å². The molecule has 148 valence electrons. The summed E-state index contributed by atoms with van der Waals surface area (Å²) in [7, 11) is 2.98. The van der Waals surface area contributed by atoms with Crippen molar-refractivity contribution >= 4 is 16.9 Å². The highest BCUT2D eigenvalue weighted by Gasteiger charge is 2.29. The van der Waals surface area contributed by atoms with Crippen molar-refractivity contribution in [3.8, 4) is 17.0 Å². The second-order valence-corrected chi connectivity index (χ2v) is 7.26. The van der Waals surface area contributed by atoms with Crippen LogP contribution in [0.2, 0.25) is 0 Å². The van der Waals surface area contributed by atoms with E-state index >= 15 is 0 Å². The van der Waals surface area contributed by atoms with Gasteiger partial charge in [-0.3, -0.25) is 4.79 Å². The van der Waals surface area contributed by atoms with Gasteiger partial charge in [0, 0.05) is 29.0 Å². The lowest BCUT2D eigenvalue weighted by molar-refractivity contribution is 0.0600. The molecule has 0 saturated carbocycles. The van der Waals surface area contributed by atoms with Gasteiger partial charge in [0.25, 0.3) is 5.56 Å². The Morgan fingerprint density at radius 1 is 1.28 bits per heavy atom. The standard InChI is InChI=1S/C21H20N4O4/c1-28-11-6-7-16-13(8-11)12-4-3-5-17(19(12)22-16)25-9-14-18(23-24-20(14)26)15(10-25)21(27)29-2/h6-10,17,22H,3-5H2,1-2H3,(H,24,26)/t17-/m0/s1. The van der Waals surface area contributed by atoms with Crippen molar-refractivity contribution in [1.82, 2.24) is 19.7 Å². The van der Waals surface area contributed by atoms with Crippen LogP contribution in [0.1, 0.15) is 40.5 Å². The molecule has 8 nitrogen and oxygen atoms in total. The fourth-order valence-electron chi connectivity index (χ4n) is 4.34. The maximum Gasteiger partial charge on any atom is 0.341 e. The molecular weight excluding hydrogens is 372 g/mol. The Morgan fingerprint density at radius 2 is 2.14 bits per heavy atom. The Morgan fingerprint density at radius 3 is 2.93 bits per heavy atom. The van der Waals surface area contributed by atoms with Crippen LogP contribution in [0.4, 0.5) is 0 Å². The number of ether oxygens (including phenoxy) is 2. The number of aromatic amines is 2. The molecule has 29 heavy (non-hydrogen) atoms. The van der Waals surface area contributed by atoms with E-state index in [1.165, 1.54) is 12.7 Å².